The molecule has 6 heteroatoms. The van der Waals surface area contributed by atoms with Crippen molar-refractivity contribution in [2.75, 3.05) is 13.1 Å². The van der Waals surface area contributed by atoms with Gasteiger partial charge in [-0.15, -0.1) is 0 Å². The number of rotatable bonds is 5. The van der Waals surface area contributed by atoms with Gasteiger partial charge in [0.1, 0.15) is 11.5 Å². The van der Waals surface area contributed by atoms with Crippen molar-refractivity contribution in [3.63, 3.8) is 0 Å². The van der Waals surface area contributed by atoms with Crippen LogP contribution in [0, 0.1) is 11.7 Å². The first-order valence-electron chi connectivity index (χ1n) is 8.31. The number of halogens is 1. The summed E-state index contributed by atoms with van der Waals surface area (Å²) in [7, 11) is 0. The molecule has 0 amide bonds. The molecule has 5 nitrogen and oxygen atoms in total. The van der Waals surface area contributed by atoms with Crippen molar-refractivity contribution >= 4 is 0 Å². The van der Waals surface area contributed by atoms with E-state index >= 15 is 0 Å². The molecule has 1 saturated heterocycles. The Morgan fingerprint density at radius 3 is 2.79 bits per heavy atom. The Labute approximate surface area is 140 Å². The van der Waals surface area contributed by atoms with Crippen molar-refractivity contribution in [2.24, 2.45) is 5.92 Å². The molecule has 0 radical (unpaired) electrons. The van der Waals surface area contributed by atoms with Gasteiger partial charge in [-0.1, -0.05) is 18.2 Å². The van der Waals surface area contributed by atoms with Crippen LogP contribution in [-0.4, -0.2) is 33.1 Å². The summed E-state index contributed by atoms with van der Waals surface area (Å²) in [5.74, 6) is 0.00897. The Morgan fingerprint density at radius 2 is 2.08 bits per heavy atom. The number of nitrogens with zero attached hydrogens (tertiary/aromatic N) is 2. The largest absolute Gasteiger partial charge is 0.388 e. The zero-order valence-electron chi connectivity index (χ0n) is 13.5. The molecule has 0 bridgehead atoms. The summed E-state index contributed by atoms with van der Waals surface area (Å²) >= 11 is 0. The van der Waals surface area contributed by atoms with Crippen LogP contribution in [0.3, 0.4) is 0 Å². The van der Waals surface area contributed by atoms with Gasteiger partial charge in [-0.2, -0.15) is 0 Å². The molecule has 1 aliphatic heterocycles. The number of hydrogen-bond donors (Lipinski definition) is 2. The molecule has 2 aromatic rings. The maximum absolute atomic E-state index is 13.7. The third-order valence-corrected chi connectivity index (χ3v) is 4.68. The first-order valence-corrected chi connectivity index (χ1v) is 8.31. The first kappa shape index (κ1) is 16.8. The van der Waals surface area contributed by atoms with Crippen LogP contribution >= 0.6 is 0 Å². The average molecular weight is 331 g/mol. The molecule has 0 spiro atoms. The van der Waals surface area contributed by atoms with Crippen LogP contribution in [0.2, 0.25) is 0 Å². The van der Waals surface area contributed by atoms with Crippen molar-refractivity contribution < 1.29 is 9.50 Å². The summed E-state index contributed by atoms with van der Waals surface area (Å²) in [6.45, 7) is 2.24. The molecular weight excluding hydrogens is 309 g/mol. The van der Waals surface area contributed by atoms with Gasteiger partial charge >= 0.3 is 0 Å². The first-order chi connectivity index (χ1) is 11.6. The van der Waals surface area contributed by atoms with E-state index in [9.17, 15) is 14.3 Å². The van der Waals surface area contributed by atoms with Crippen molar-refractivity contribution in [2.45, 2.75) is 31.9 Å². The second-order valence-corrected chi connectivity index (χ2v) is 6.36. The van der Waals surface area contributed by atoms with Crippen molar-refractivity contribution in [1.29, 1.82) is 0 Å². The van der Waals surface area contributed by atoms with E-state index in [4.69, 9.17) is 0 Å². The van der Waals surface area contributed by atoms with Crippen molar-refractivity contribution in [1.82, 2.24) is 14.9 Å². The number of aliphatic hydroxyl groups is 1. The van der Waals surface area contributed by atoms with Gasteiger partial charge in [0.15, 0.2) is 0 Å². The van der Waals surface area contributed by atoms with Crippen molar-refractivity contribution in [3.8, 4) is 0 Å². The zero-order valence-corrected chi connectivity index (χ0v) is 13.5. The van der Waals surface area contributed by atoms with E-state index in [1.54, 1.807) is 24.4 Å². The number of hydrogen-bond acceptors (Lipinski definition) is 4. The topological polar surface area (TPSA) is 69.2 Å². The van der Waals surface area contributed by atoms with Crippen LogP contribution in [0.25, 0.3) is 0 Å². The van der Waals surface area contributed by atoms with Gasteiger partial charge in [0.25, 0.3) is 5.56 Å². The van der Waals surface area contributed by atoms with Crippen LogP contribution < -0.4 is 5.56 Å². The standard InChI is InChI=1S/C18H22FN3O2/c19-15-4-2-1-3-14(15)17(23)11-13-5-9-22(10-6-13)12-16-18(24)21-8-7-20-16/h1-4,7-8,13,17,23H,5-6,9-12H2,(H,21,24). The Morgan fingerprint density at radius 1 is 1.33 bits per heavy atom. The molecule has 1 aromatic heterocycles. The molecule has 128 valence electrons. The van der Waals surface area contributed by atoms with Crippen LogP contribution in [0.4, 0.5) is 4.39 Å². The van der Waals surface area contributed by atoms with Gasteiger partial charge in [-0.05, 0) is 44.3 Å². The summed E-state index contributed by atoms with van der Waals surface area (Å²) in [5.41, 5.74) is 0.761. The van der Waals surface area contributed by atoms with Gasteiger partial charge in [0, 0.05) is 24.5 Å². The van der Waals surface area contributed by atoms with Crippen LogP contribution in [0.1, 0.15) is 36.6 Å². The molecule has 0 aliphatic carbocycles. The molecule has 24 heavy (non-hydrogen) atoms. The van der Waals surface area contributed by atoms with Gasteiger partial charge in [0.2, 0.25) is 0 Å². The normalized spacial score (nSPS) is 17.8. The molecule has 2 N–H and O–H groups in total. The van der Waals surface area contributed by atoms with E-state index in [-0.39, 0.29) is 11.4 Å². The van der Waals surface area contributed by atoms with E-state index < -0.39 is 6.10 Å². The Kier molecular flexibility index (Phi) is 5.37. The number of H-pyrrole nitrogens is 1. The number of aromatic amines is 1. The maximum atomic E-state index is 13.7. The molecule has 1 unspecified atom stereocenters. The summed E-state index contributed by atoms with van der Waals surface area (Å²) in [5, 5.41) is 10.3. The molecular formula is C18H22FN3O2. The smallest absolute Gasteiger partial charge is 0.270 e. The monoisotopic (exact) mass is 331 g/mol. The van der Waals surface area contributed by atoms with Gasteiger partial charge < -0.3 is 10.1 Å². The molecule has 1 fully saturated rings. The summed E-state index contributed by atoms with van der Waals surface area (Å²) in [6.07, 6.45) is 4.78. The number of aliphatic hydroxyl groups excluding tert-OH is 1. The lowest BCUT2D eigenvalue weighted by molar-refractivity contribution is 0.103. The van der Waals surface area contributed by atoms with Gasteiger partial charge in [0.05, 0.1) is 6.10 Å². The number of likely N-dealkylation sites (tertiary alicyclic amines) is 1. The van der Waals surface area contributed by atoms with Gasteiger partial charge in [-0.3, -0.25) is 14.7 Å². The van der Waals surface area contributed by atoms with Crippen molar-refractivity contribution in [3.05, 3.63) is 64.1 Å². The molecule has 1 aromatic carbocycles. The quantitative estimate of drug-likeness (QED) is 0.882. The van der Waals surface area contributed by atoms with E-state index in [2.05, 4.69) is 14.9 Å². The summed E-state index contributed by atoms with van der Waals surface area (Å²) < 4.78 is 13.7. The molecule has 3 rings (SSSR count). The minimum atomic E-state index is -0.763. The van der Waals surface area contributed by atoms with Crippen LogP contribution in [-0.2, 0) is 6.54 Å². The fraction of sp³-hybridized carbons (Fsp3) is 0.444. The van der Waals surface area contributed by atoms with Crippen LogP contribution in [0.5, 0.6) is 0 Å². The highest BCUT2D eigenvalue weighted by Gasteiger charge is 2.24. The molecule has 1 aliphatic rings. The van der Waals surface area contributed by atoms with E-state index in [0.717, 1.165) is 25.9 Å². The minimum Gasteiger partial charge on any atom is -0.388 e. The number of piperidine rings is 1. The molecule has 0 saturated carbocycles. The fourth-order valence-corrected chi connectivity index (χ4v) is 3.27. The number of aromatic nitrogens is 2. The zero-order chi connectivity index (χ0) is 16.9. The third kappa shape index (κ3) is 4.07. The summed E-state index contributed by atoms with van der Waals surface area (Å²) in [6, 6.07) is 6.39. The third-order valence-electron chi connectivity index (χ3n) is 4.68. The van der Waals surface area contributed by atoms with Gasteiger partial charge in [-0.25, -0.2) is 4.39 Å². The number of benzene rings is 1. The van der Waals surface area contributed by atoms with E-state index in [1.165, 1.54) is 12.3 Å². The second kappa shape index (κ2) is 7.68. The predicted molar refractivity (Wildman–Crippen MR) is 88.8 cm³/mol. The fourth-order valence-electron chi connectivity index (χ4n) is 3.27. The lowest BCUT2D eigenvalue weighted by atomic mass is 9.89. The molecule has 1 atom stereocenters. The predicted octanol–water partition coefficient (Wildman–Crippen LogP) is 2.24. The minimum absolute atomic E-state index is 0.144. The highest BCUT2D eigenvalue weighted by Crippen LogP contribution is 2.29. The Balaban J connectivity index is 1.51. The highest BCUT2D eigenvalue weighted by atomic mass is 19.1. The van der Waals surface area contributed by atoms with E-state index in [1.807, 2.05) is 0 Å². The number of nitrogens with one attached hydrogen (secondary N) is 1. The van der Waals surface area contributed by atoms with Crippen LogP contribution in [0.15, 0.2) is 41.5 Å². The maximum Gasteiger partial charge on any atom is 0.270 e. The summed E-state index contributed by atoms with van der Waals surface area (Å²) in [4.78, 5) is 20.6. The van der Waals surface area contributed by atoms with E-state index in [0.29, 0.717) is 30.1 Å². The highest BCUT2D eigenvalue weighted by molar-refractivity contribution is 5.19. The lowest BCUT2D eigenvalue weighted by Crippen LogP contribution is -2.35. The Bertz CT molecular complexity index is 726. The Hall–Kier alpha value is -2.05. The second-order valence-electron chi connectivity index (χ2n) is 6.36. The SMILES string of the molecule is O=c1[nH]ccnc1CN1CCC(CC(O)c2ccccc2F)CC1. The molecule has 2 heterocycles. The average Bonchev–Trinajstić information content (AvgIpc) is 2.59. The lowest BCUT2D eigenvalue weighted by Gasteiger charge is -2.32.